The van der Waals surface area contributed by atoms with E-state index in [4.69, 9.17) is 25.2 Å². The number of nitrogens with one attached hydrogen (secondary N) is 2. The molecule has 9 nitrogen and oxygen atoms in total. The molecule has 2 radical (unpaired) electrons. The number of halogens is 3. The lowest BCUT2D eigenvalue weighted by Crippen LogP contribution is -2.27. The fourth-order valence-corrected chi connectivity index (χ4v) is 3.30. The molecule has 0 bridgehead atoms. The smallest absolute Gasteiger partial charge is 0.257 e. The Kier molecular flexibility index (Phi) is 7.71. The van der Waals surface area contributed by atoms with E-state index in [0.29, 0.717) is 17.2 Å². The van der Waals surface area contributed by atoms with Crippen LogP contribution in [0.5, 0.6) is 0 Å². The van der Waals surface area contributed by atoms with E-state index in [1.54, 1.807) is 6.92 Å². The third-order valence-corrected chi connectivity index (χ3v) is 5.12. The summed E-state index contributed by atoms with van der Waals surface area (Å²) >= 11 is 6.37. The monoisotopic (exact) mass is 501 g/mol. The molecular weight excluding hydrogens is 483 g/mol. The molecule has 2 aromatic carbocycles. The van der Waals surface area contributed by atoms with Crippen molar-refractivity contribution in [2.24, 2.45) is 0 Å². The Morgan fingerprint density at radius 1 is 1.17 bits per heavy atom. The summed E-state index contributed by atoms with van der Waals surface area (Å²) in [5, 5.41) is 32.2. The molecule has 0 aliphatic heterocycles. The van der Waals surface area contributed by atoms with E-state index >= 15 is 0 Å². The van der Waals surface area contributed by atoms with Crippen LogP contribution in [0.2, 0.25) is 5.02 Å². The van der Waals surface area contributed by atoms with E-state index in [1.165, 1.54) is 24.4 Å². The summed E-state index contributed by atoms with van der Waals surface area (Å²) in [4.78, 5) is 22.8. The second-order valence-electron chi connectivity index (χ2n) is 7.45. The van der Waals surface area contributed by atoms with Gasteiger partial charge in [-0.25, -0.2) is 18.7 Å². The van der Waals surface area contributed by atoms with Gasteiger partial charge in [-0.05, 0) is 42.3 Å². The fourth-order valence-electron chi connectivity index (χ4n) is 3.10. The highest BCUT2D eigenvalue weighted by molar-refractivity contribution is 6.35. The van der Waals surface area contributed by atoms with Crippen molar-refractivity contribution in [3.8, 4) is 11.3 Å². The highest BCUT2D eigenvalue weighted by atomic mass is 35.5. The summed E-state index contributed by atoms with van der Waals surface area (Å²) in [6, 6.07) is 6.77. The first-order valence-corrected chi connectivity index (χ1v) is 10.3. The second kappa shape index (κ2) is 10.4. The zero-order chi connectivity index (χ0) is 25.9. The molecule has 0 fully saturated rings. The van der Waals surface area contributed by atoms with Crippen LogP contribution in [0.25, 0.3) is 11.3 Å². The zero-order valence-electron chi connectivity index (χ0n) is 18.1. The Labute approximate surface area is 204 Å². The molecule has 35 heavy (non-hydrogen) atoms. The van der Waals surface area contributed by atoms with Gasteiger partial charge in [0.05, 0.1) is 5.69 Å². The molecule has 1 atom stereocenters. The van der Waals surface area contributed by atoms with Crippen LogP contribution in [-0.4, -0.2) is 44.0 Å². The van der Waals surface area contributed by atoms with Crippen molar-refractivity contribution in [2.45, 2.75) is 18.7 Å². The Bertz CT molecular complexity index is 1310. The topological polar surface area (TPSA) is 157 Å². The number of nitrogens with zero attached hydrogens (tertiary/aromatic N) is 2. The van der Waals surface area contributed by atoms with Crippen LogP contribution in [0.1, 0.15) is 23.1 Å². The van der Waals surface area contributed by atoms with Gasteiger partial charge < -0.3 is 31.4 Å². The molecule has 13 heteroatoms. The first kappa shape index (κ1) is 26.0. The number of anilines is 2. The van der Waals surface area contributed by atoms with Crippen LogP contribution < -0.4 is 11.1 Å². The third kappa shape index (κ3) is 6.31. The summed E-state index contributed by atoms with van der Waals surface area (Å²) in [7, 11) is 5.35. The predicted molar refractivity (Wildman–Crippen MR) is 125 cm³/mol. The number of aryl methyl sites for hydroxylation is 1. The Hall–Kier alpha value is -3.58. The van der Waals surface area contributed by atoms with E-state index in [2.05, 4.69) is 20.3 Å². The van der Waals surface area contributed by atoms with Gasteiger partial charge in [0.15, 0.2) is 25.5 Å². The Balaban J connectivity index is 2.00. The van der Waals surface area contributed by atoms with Crippen molar-refractivity contribution in [1.29, 1.82) is 0 Å². The zero-order valence-corrected chi connectivity index (χ0v) is 18.9. The van der Waals surface area contributed by atoms with Crippen LogP contribution in [0.4, 0.5) is 20.3 Å². The van der Waals surface area contributed by atoms with Gasteiger partial charge in [-0.2, -0.15) is 0 Å². The van der Waals surface area contributed by atoms with E-state index in [1.807, 2.05) is 0 Å². The molecule has 0 aliphatic rings. The van der Waals surface area contributed by atoms with Crippen molar-refractivity contribution in [3.63, 3.8) is 0 Å². The molecule has 1 aromatic heterocycles. The first-order chi connectivity index (χ1) is 16.4. The molecule has 1 unspecified atom stereocenters. The van der Waals surface area contributed by atoms with Crippen LogP contribution in [0.3, 0.4) is 0 Å². The lowest BCUT2D eigenvalue weighted by Gasteiger charge is -2.17. The van der Waals surface area contributed by atoms with Crippen molar-refractivity contribution in [3.05, 3.63) is 82.4 Å². The maximum Gasteiger partial charge on any atom is 0.257 e. The fraction of sp³-hybridized carbons (Fsp3) is 0.136. The van der Waals surface area contributed by atoms with Crippen molar-refractivity contribution in [2.75, 3.05) is 11.1 Å². The minimum Gasteiger partial charge on any atom is -0.382 e. The maximum atomic E-state index is 13.4. The highest BCUT2D eigenvalue weighted by Crippen LogP contribution is 2.32. The number of nitrogens with two attached hydrogens (primary N) is 1. The quantitative estimate of drug-likeness (QED) is 0.231. The number of aliphatic hydroxyl groups is 3. The summed E-state index contributed by atoms with van der Waals surface area (Å²) in [6.45, 7) is 1.64. The number of nitrogen functional groups attached to an aromatic ring is 1. The number of hydrogen-bond acceptors (Lipinski definition) is 7. The van der Waals surface area contributed by atoms with Crippen molar-refractivity contribution in [1.82, 2.24) is 15.0 Å². The van der Waals surface area contributed by atoms with E-state index < -0.39 is 35.2 Å². The van der Waals surface area contributed by atoms with E-state index in [-0.39, 0.29) is 27.8 Å². The molecule has 0 saturated carbocycles. The number of rotatable bonds is 5. The largest absolute Gasteiger partial charge is 0.382 e. The minimum absolute atomic E-state index is 0.0824. The molecule has 3 rings (SSSR count). The van der Waals surface area contributed by atoms with Crippen molar-refractivity contribution >= 4 is 36.9 Å². The third-order valence-electron chi connectivity index (χ3n) is 4.73. The SMILES string of the molecule is [B]C(O)(O)c1nccnc(N)c(Cl)c(-c2ccc(NC(=O)C(O)c3cc(F)cc(F)c3)cc2C)[nH]1. The number of carbonyl (C=O) groups excluding carboxylic acids is 1. The number of carbonyl (C=O) groups is 1. The normalized spacial score (nSPS) is 12.1. The molecule has 180 valence electrons. The Morgan fingerprint density at radius 2 is 1.80 bits per heavy atom. The van der Waals surface area contributed by atoms with Crippen molar-refractivity contribution < 1.29 is 28.9 Å². The second-order valence-corrected chi connectivity index (χ2v) is 7.83. The predicted octanol–water partition coefficient (Wildman–Crippen LogP) is 2.35. The number of hydrogen-bond donors (Lipinski definition) is 6. The van der Waals surface area contributed by atoms with Gasteiger partial charge in [0.1, 0.15) is 22.5 Å². The number of aromatic amines is 1. The maximum absolute atomic E-state index is 13.4. The Morgan fingerprint density at radius 3 is 2.40 bits per heavy atom. The van der Waals surface area contributed by atoms with E-state index in [9.17, 15) is 28.9 Å². The van der Waals surface area contributed by atoms with E-state index in [0.717, 1.165) is 18.3 Å². The standard InChI is InChI=1S/C22H19BClF2N5O4/c1-10-6-14(30-20(33)18(32)11-7-12(25)9-13(26)8-11)2-3-15(10)17-16(24)19(27)28-4-5-29-21(31-17)22(23,34)35/h2-9,18,32,34-35H,1H3,(H2,27,28)(H,29,31)(H,30,33). The average molecular weight is 502 g/mol. The summed E-state index contributed by atoms with van der Waals surface area (Å²) in [6.07, 6.45) is 0.467. The first-order valence-electron chi connectivity index (χ1n) is 9.90. The minimum atomic E-state index is -2.85. The number of amides is 1. The van der Waals surface area contributed by atoms with Crippen LogP contribution in [-0.2, 0) is 10.5 Å². The molecule has 1 heterocycles. The lowest BCUT2D eigenvalue weighted by molar-refractivity contribution is -0.124. The van der Waals surface area contributed by atoms with Crippen LogP contribution in [0, 0.1) is 18.6 Å². The number of aliphatic hydroxyl groups excluding tert-OH is 1. The van der Waals surface area contributed by atoms with Gasteiger partial charge in [0.2, 0.25) is 0 Å². The van der Waals surface area contributed by atoms with Crippen LogP contribution in [0.15, 0.2) is 48.8 Å². The molecule has 7 N–H and O–H groups in total. The highest BCUT2D eigenvalue weighted by Gasteiger charge is 2.22. The molecular formula is C22H19BClF2N5O4. The lowest BCUT2D eigenvalue weighted by atomic mass is 9.94. The summed E-state index contributed by atoms with van der Waals surface area (Å²) < 4.78 is 26.8. The van der Waals surface area contributed by atoms with Gasteiger partial charge in [-0.1, -0.05) is 17.7 Å². The summed E-state index contributed by atoms with van der Waals surface area (Å²) in [5.74, 6) is -3.39. The van der Waals surface area contributed by atoms with Gasteiger partial charge in [-0.15, -0.1) is 0 Å². The van der Waals surface area contributed by atoms with Crippen LogP contribution >= 0.6 is 11.6 Å². The number of H-pyrrole nitrogens is 1. The molecule has 1 amide bonds. The summed E-state index contributed by atoms with van der Waals surface area (Å²) in [5.41, 5.74) is 4.00. The van der Waals surface area contributed by atoms with Gasteiger partial charge in [-0.3, -0.25) is 4.79 Å². The molecule has 0 spiro atoms. The van der Waals surface area contributed by atoms with Gasteiger partial charge in [0, 0.05) is 29.7 Å². The molecule has 3 aromatic rings. The average Bonchev–Trinajstić information content (AvgIpc) is 2.83. The molecule has 0 aliphatic carbocycles. The van der Waals surface area contributed by atoms with Gasteiger partial charge in [0.25, 0.3) is 5.91 Å². The molecule has 0 saturated heterocycles. The number of aromatic nitrogens is 3. The number of benzene rings is 2. The van der Waals surface area contributed by atoms with Gasteiger partial charge >= 0.3 is 0 Å².